The maximum atomic E-state index is 12.7. The topological polar surface area (TPSA) is 38.1 Å². The van der Waals surface area contributed by atoms with Crippen LogP contribution in [-0.2, 0) is 11.3 Å². The van der Waals surface area contributed by atoms with Crippen molar-refractivity contribution in [2.75, 3.05) is 6.54 Å². The number of allylic oxidation sites excluding steroid dienone is 2. The maximum Gasteiger partial charge on any atom is 0.223 e. The second-order valence-corrected chi connectivity index (χ2v) is 6.82. The SMILES string of the molecule is Cc1cc(C)n(C[C@@H]2CCCCN2C(=O)C[C@H]2C=CCC2)n1. The van der Waals surface area contributed by atoms with Crippen LogP contribution in [0.2, 0.25) is 0 Å². The molecule has 2 heterocycles. The van der Waals surface area contributed by atoms with E-state index in [9.17, 15) is 4.79 Å². The van der Waals surface area contributed by atoms with Crippen molar-refractivity contribution >= 4 is 5.91 Å². The van der Waals surface area contributed by atoms with Crippen molar-refractivity contribution in [2.45, 2.75) is 65.0 Å². The molecule has 1 aliphatic heterocycles. The molecule has 1 saturated heterocycles. The highest BCUT2D eigenvalue weighted by atomic mass is 16.2. The molecular formula is C18H27N3O. The summed E-state index contributed by atoms with van der Waals surface area (Å²) in [6.07, 6.45) is 10.8. The number of carbonyl (C=O) groups excluding carboxylic acids is 1. The van der Waals surface area contributed by atoms with Crippen molar-refractivity contribution in [1.29, 1.82) is 0 Å². The molecule has 1 aliphatic carbocycles. The van der Waals surface area contributed by atoms with Crippen molar-refractivity contribution < 1.29 is 4.79 Å². The summed E-state index contributed by atoms with van der Waals surface area (Å²) in [5.74, 6) is 0.798. The van der Waals surface area contributed by atoms with Gasteiger partial charge in [-0.2, -0.15) is 5.10 Å². The van der Waals surface area contributed by atoms with Crippen molar-refractivity contribution in [3.05, 3.63) is 29.6 Å². The number of rotatable bonds is 4. The first-order valence-electron chi connectivity index (χ1n) is 8.60. The molecule has 0 spiro atoms. The van der Waals surface area contributed by atoms with Gasteiger partial charge in [0.2, 0.25) is 5.91 Å². The van der Waals surface area contributed by atoms with Crippen molar-refractivity contribution in [1.82, 2.24) is 14.7 Å². The van der Waals surface area contributed by atoms with Gasteiger partial charge in [-0.15, -0.1) is 0 Å². The number of aromatic nitrogens is 2. The van der Waals surface area contributed by atoms with Gasteiger partial charge in [-0.05, 0) is 57.9 Å². The van der Waals surface area contributed by atoms with E-state index in [1.165, 1.54) is 12.1 Å². The Morgan fingerprint density at radius 2 is 2.18 bits per heavy atom. The first-order valence-corrected chi connectivity index (χ1v) is 8.60. The van der Waals surface area contributed by atoms with E-state index in [1.54, 1.807) is 0 Å². The van der Waals surface area contributed by atoms with Gasteiger partial charge in [0, 0.05) is 18.7 Å². The molecule has 1 aromatic heterocycles. The van der Waals surface area contributed by atoms with Gasteiger partial charge in [-0.25, -0.2) is 0 Å². The van der Waals surface area contributed by atoms with Crippen LogP contribution in [-0.4, -0.2) is 33.2 Å². The highest BCUT2D eigenvalue weighted by Gasteiger charge is 2.28. The molecule has 1 amide bonds. The van der Waals surface area contributed by atoms with Gasteiger partial charge in [0.25, 0.3) is 0 Å². The summed E-state index contributed by atoms with van der Waals surface area (Å²) in [4.78, 5) is 14.8. The molecule has 4 heteroatoms. The summed E-state index contributed by atoms with van der Waals surface area (Å²) >= 11 is 0. The molecule has 22 heavy (non-hydrogen) atoms. The van der Waals surface area contributed by atoms with Gasteiger partial charge in [-0.1, -0.05) is 12.2 Å². The van der Waals surface area contributed by atoms with Crippen LogP contribution >= 0.6 is 0 Å². The smallest absolute Gasteiger partial charge is 0.223 e. The summed E-state index contributed by atoms with van der Waals surface area (Å²) in [6, 6.07) is 2.42. The molecule has 2 atom stereocenters. The van der Waals surface area contributed by atoms with Crippen LogP contribution < -0.4 is 0 Å². The Hall–Kier alpha value is -1.58. The lowest BCUT2D eigenvalue weighted by Crippen LogP contribution is -2.46. The van der Waals surface area contributed by atoms with Gasteiger partial charge in [0.15, 0.2) is 0 Å². The van der Waals surface area contributed by atoms with Crippen molar-refractivity contribution in [3.8, 4) is 0 Å². The Morgan fingerprint density at radius 1 is 1.32 bits per heavy atom. The third kappa shape index (κ3) is 3.42. The zero-order valence-electron chi connectivity index (χ0n) is 13.8. The van der Waals surface area contributed by atoms with Gasteiger partial charge in [0.05, 0.1) is 18.3 Å². The number of nitrogens with zero attached hydrogens (tertiary/aromatic N) is 3. The third-order valence-electron chi connectivity index (χ3n) is 4.98. The number of piperidine rings is 1. The lowest BCUT2D eigenvalue weighted by molar-refractivity contribution is -0.136. The van der Waals surface area contributed by atoms with Gasteiger partial charge in [-0.3, -0.25) is 9.48 Å². The van der Waals surface area contributed by atoms with Gasteiger partial charge < -0.3 is 4.90 Å². The summed E-state index contributed by atoms with van der Waals surface area (Å²) in [5, 5.41) is 4.57. The number of likely N-dealkylation sites (tertiary alicyclic amines) is 1. The zero-order valence-corrected chi connectivity index (χ0v) is 13.8. The van der Waals surface area contributed by atoms with Crippen LogP contribution in [0, 0.1) is 19.8 Å². The molecule has 1 aromatic rings. The van der Waals surface area contributed by atoms with Crippen molar-refractivity contribution in [2.24, 2.45) is 5.92 Å². The molecule has 0 saturated carbocycles. The number of amides is 1. The molecule has 1 fully saturated rings. The van der Waals surface area contributed by atoms with E-state index in [0.717, 1.165) is 44.5 Å². The van der Waals surface area contributed by atoms with Crippen LogP contribution in [0.1, 0.15) is 49.9 Å². The molecule has 120 valence electrons. The van der Waals surface area contributed by atoms with Crippen molar-refractivity contribution in [3.63, 3.8) is 0 Å². The van der Waals surface area contributed by atoms with Crippen LogP contribution in [0.25, 0.3) is 0 Å². The van der Waals surface area contributed by atoms with E-state index in [4.69, 9.17) is 0 Å². The minimum Gasteiger partial charge on any atom is -0.338 e. The first kappa shape index (κ1) is 15.3. The second-order valence-electron chi connectivity index (χ2n) is 6.82. The highest BCUT2D eigenvalue weighted by Crippen LogP contribution is 2.25. The summed E-state index contributed by atoms with van der Waals surface area (Å²) in [5.41, 5.74) is 2.25. The fourth-order valence-electron chi connectivity index (χ4n) is 3.78. The Labute approximate surface area is 133 Å². The maximum absolute atomic E-state index is 12.7. The molecule has 0 unspecified atom stereocenters. The standard InChI is InChI=1S/C18H27N3O/c1-14-11-15(2)21(19-14)13-17-9-5-6-10-20(17)18(22)12-16-7-3-4-8-16/h3,7,11,16-17H,4-6,8-10,12-13H2,1-2H3/t16-,17-/m0/s1. The summed E-state index contributed by atoms with van der Waals surface area (Å²) in [7, 11) is 0. The highest BCUT2D eigenvalue weighted by molar-refractivity contribution is 5.77. The molecule has 0 bridgehead atoms. The van der Waals surface area contributed by atoms with Crippen LogP contribution in [0.3, 0.4) is 0 Å². The molecule has 0 radical (unpaired) electrons. The zero-order chi connectivity index (χ0) is 15.5. The monoisotopic (exact) mass is 301 g/mol. The lowest BCUT2D eigenvalue weighted by atomic mass is 9.98. The van der Waals surface area contributed by atoms with Gasteiger partial charge >= 0.3 is 0 Å². The molecule has 0 aromatic carbocycles. The molecule has 3 rings (SSSR count). The average molecular weight is 301 g/mol. The van der Waals surface area contributed by atoms with Crippen LogP contribution in [0.15, 0.2) is 18.2 Å². The van der Waals surface area contributed by atoms with E-state index in [0.29, 0.717) is 24.3 Å². The van der Waals surface area contributed by atoms with E-state index < -0.39 is 0 Å². The minimum absolute atomic E-state index is 0.310. The van der Waals surface area contributed by atoms with Gasteiger partial charge in [0.1, 0.15) is 0 Å². The van der Waals surface area contributed by atoms with E-state index in [1.807, 2.05) is 6.92 Å². The Morgan fingerprint density at radius 3 is 2.86 bits per heavy atom. The lowest BCUT2D eigenvalue weighted by Gasteiger charge is -2.36. The summed E-state index contributed by atoms with van der Waals surface area (Å²) < 4.78 is 2.07. The van der Waals surface area contributed by atoms with Crippen LogP contribution in [0.5, 0.6) is 0 Å². The minimum atomic E-state index is 0.310. The molecule has 0 N–H and O–H groups in total. The summed E-state index contributed by atoms with van der Waals surface area (Å²) in [6.45, 7) is 5.88. The number of aryl methyl sites for hydroxylation is 2. The van der Waals surface area contributed by atoms with E-state index in [2.05, 4.69) is 39.8 Å². The quantitative estimate of drug-likeness (QED) is 0.801. The Bertz CT molecular complexity index is 561. The predicted octanol–water partition coefficient (Wildman–Crippen LogP) is 3.24. The number of hydrogen-bond acceptors (Lipinski definition) is 2. The largest absolute Gasteiger partial charge is 0.338 e. The van der Waals surface area contributed by atoms with Crippen LogP contribution in [0.4, 0.5) is 0 Å². The van der Waals surface area contributed by atoms with E-state index >= 15 is 0 Å². The third-order valence-corrected chi connectivity index (χ3v) is 4.98. The normalized spacial score (nSPS) is 24.9. The molecule has 4 nitrogen and oxygen atoms in total. The Balaban J connectivity index is 1.66. The molecular weight excluding hydrogens is 274 g/mol. The average Bonchev–Trinajstić information content (AvgIpc) is 3.10. The first-order chi connectivity index (χ1) is 10.6. The fourth-order valence-corrected chi connectivity index (χ4v) is 3.78. The Kier molecular flexibility index (Phi) is 4.65. The van der Waals surface area contributed by atoms with E-state index in [-0.39, 0.29) is 0 Å². The number of hydrogen-bond donors (Lipinski definition) is 0. The fraction of sp³-hybridized carbons (Fsp3) is 0.667. The predicted molar refractivity (Wildman–Crippen MR) is 87.5 cm³/mol. The number of carbonyl (C=O) groups is 1. The second kappa shape index (κ2) is 6.67. The molecule has 2 aliphatic rings.